The summed E-state index contributed by atoms with van der Waals surface area (Å²) in [5.41, 5.74) is -0.328. The van der Waals surface area contributed by atoms with Crippen molar-refractivity contribution in [2.45, 2.75) is 11.4 Å². The first-order chi connectivity index (χ1) is 12.0. The molecule has 6 nitrogen and oxygen atoms in total. The van der Waals surface area contributed by atoms with Crippen LogP contribution in [0.4, 0.5) is 4.39 Å². The number of benzene rings is 1. The van der Waals surface area contributed by atoms with Gasteiger partial charge in [-0.1, -0.05) is 0 Å². The third-order valence-electron chi connectivity index (χ3n) is 3.43. The van der Waals surface area contributed by atoms with Crippen LogP contribution >= 0.6 is 23.1 Å². The van der Waals surface area contributed by atoms with Gasteiger partial charge in [-0.2, -0.15) is 0 Å². The van der Waals surface area contributed by atoms with Crippen molar-refractivity contribution in [2.75, 3.05) is 12.3 Å². The minimum atomic E-state index is -0.495. The average Bonchev–Trinajstić information content (AvgIpc) is 3.06. The molecule has 0 fully saturated rings. The van der Waals surface area contributed by atoms with E-state index in [1.165, 1.54) is 35.2 Å². The highest BCUT2D eigenvalue weighted by Gasteiger charge is 2.09. The maximum Gasteiger partial charge on any atom is 0.328 e. The lowest BCUT2D eigenvalue weighted by atomic mass is 10.4. The van der Waals surface area contributed by atoms with Crippen molar-refractivity contribution in [1.82, 2.24) is 14.9 Å². The van der Waals surface area contributed by atoms with E-state index in [9.17, 15) is 18.8 Å². The van der Waals surface area contributed by atoms with E-state index in [0.29, 0.717) is 10.2 Å². The molecule has 9 heteroatoms. The molecule has 2 heterocycles. The van der Waals surface area contributed by atoms with E-state index in [4.69, 9.17) is 0 Å². The molecule has 1 amide bonds. The summed E-state index contributed by atoms with van der Waals surface area (Å²) >= 11 is 2.54. The summed E-state index contributed by atoms with van der Waals surface area (Å²) in [7, 11) is 0. The molecule has 0 radical (unpaired) electrons. The number of nitrogens with zero attached hydrogens (tertiary/aromatic N) is 1. The number of aromatic amines is 1. The van der Waals surface area contributed by atoms with Gasteiger partial charge in [-0.15, -0.1) is 23.1 Å². The van der Waals surface area contributed by atoms with E-state index >= 15 is 0 Å². The maximum atomic E-state index is 12.8. The third kappa shape index (κ3) is 4.18. The first kappa shape index (κ1) is 17.4. The van der Waals surface area contributed by atoms with Gasteiger partial charge >= 0.3 is 5.69 Å². The van der Waals surface area contributed by atoms with Gasteiger partial charge in [-0.05, 0) is 35.7 Å². The first-order valence-corrected chi connectivity index (χ1v) is 9.26. The number of carbonyl (C=O) groups excluding carboxylic acids is 1. The van der Waals surface area contributed by atoms with Crippen molar-refractivity contribution < 1.29 is 9.18 Å². The van der Waals surface area contributed by atoms with Gasteiger partial charge in [0.05, 0.1) is 11.3 Å². The average molecular weight is 379 g/mol. The molecule has 0 bridgehead atoms. The monoisotopic (exact) mass is 379 g/mol. The number of nitrogens with one attached hydrogen (secondary N) is 2. The van der Waals surface area contributed by atoms with Crippen molar-refractivity contribution >= 4 is 39.2 Å². The smallest absolute Gasteiger partial charge is 0.328 e. The predicted molar refractivity (Wildman–Crippen MR) is 96.8 cm³/mol. The molecule has 0 aliphatic carbocycles. The summed E-state index contributed by atoms with van der Waals surface area (Å²) in [6.45, 7) is 0.262. The number of hydrogen-bond donors (Lipinski definition) is 2. The summed E-state index contributed by atoms with van der Waals surface area (Å²) < 4.78 is 14.4. The van der Waals surface area contributed by atoms with Gasteiger partial charge in [0.1, 0.15) is 10.5 Å². The summed E-state index contributed by atoms with van der Waals surface area (Å²) in [6, 6.07) is 7.55. The molecule has 0 aliphatic heterocycles. The Labute approximate surface area is 149 Å². The Morgan fingerprint density at radius 2 is 2.00 bits per heavy atom. The fourth-order valence-electron chi connectivity index (χ4n) is 2.21. The van der Waals surface area contributed by atoms with Gasteiger partial charge < -0.3 is 10.3 Å². The molecule has 0 spiro atoms. The molecular formula is C16H14FN3O3S2. The van der Waals surface area contributed by atoms with E-state index < -0.39 is 5.69 Å². The van der Waals surface area contributed by atoms with E-state index in [1.807, 2.05) is 0 Å². The third-order valence-corrected chi connectivity index (χ3v) is 5.35. The molecule has 3 rings (SSSR count). The number of H-pyrrole nitrogens is 1. The molecule has 25 heavy (non-hydrogen) atoms. The molecule has 3 aromatic rings. The van der Waals surface area contributed by atoms with E-state index in [-0.39, 0.29) is 36.1 Å². The van der Waals surface area contributed by atoms with Gasteiger partial charge in [0.15, 0.2) is 0 Å². The van der Waals surface area contributed by atoms with Crippen LogP contribution in [0.2, 0.25) is 0 Å². The Bertz CT molecular complexity index is 1010. The quantitative estimate of drug-likeness (QED) is 0.640. The van der Waals surface area contributed by atoms with E-state index in [2.05, 4.69) is 10.3 Å². The number of hydrogen-bond acceptors (Lipinski definition) is 5. The number of fused-ring (bicyclic) bond motifs is 1. The van der Waals surface area contributed by atoms with Crippen LogP contribution in [0.25, 0.3) is 10.2 Å². The highest BCUT2D eigenvalue weighted by atomic mass is 32.2. The summed E-state index contributed by atoms with van der Waals surface area (Å²) in [5, 5.41) is 4.40. The number of amides is 1. The van der Waals surface area contributed by atoms with Gasteiger partial charge in [0.2, 0.25) is 5.91 Å². The largest absolute Gasteiger partial charge is 0.354 e. The Morgan fingerprint density at radius 1 is 1.24 bits per heavy atom. The van der Waals surface area contributed by atoms with Crippen molar-refractivity contribution in [3.8, 4) is 0 Å². The fraction of sp³-hybridized carbons (Fsp3) is 0.188. The molecule has 0 saturated heterocycles. The van der Waals surface area contributed by atoms with Crippen molar-refractivity contribution in [2.24, 2.45) is 0 Å². The van der Waals surface area contributed by atoms with Crippen LogP contribution in [0.3, 0.4) is 0 Å². The molecule has 0 atom stereocenters. The molecule has 2 N–H and O–H groups in total. The topological polar surface area (TPSA) is 84.0 Å². The summed E-state index contributed by atoms with van der Waals surface area (Å²) in [5.74, 6) is -0.385. The SMILES string of the molecule is O=C(CSc1ccc(F)cc1)NCCn1c(=O)[nH]c2ccsc2c1=O. The number of thiophene rings is 1. The normalized spacial score (nSPS) is 10.9. The Balaban J connectivity index is 1.54. The molecule has 0 aliphatic rings. The zero-order chi connectivity index (χ0) is 17.8. The molecule has 2 aromatic heterocycles. The van der Waals surface area contributed by atoms with E-state index in [1.54, 1.807) is 23.6 Å². The fourth-order valence-corrected chi connectivity index (χ4v) is 3.74. The Kier molecular flexibility index (Phi) is 5.34. The van der Waals surface area contributed by atoms with Crippen molar-refractivity contribution in [3.05, 3.63) is 62.4 Å². The number of halogens is 1. The van der Waals surface area contributed by atoms with Crippen LogP contribution in [0, 0.1) is 5.82 Å². The molecule has 1 aromatic carbocycles. The zero-order valence-electron chi connectivity index (χ0n) is 13.0. The highest BCUT2D eigenvalue weighted by molar-refractivity contribution is 8.00. The van der Waals surface area contributed by atoms with Crippen molar-refractivity contribution in [1.29, 1.82) is 0 Å². The minimum Gasteiger partial charge on any atom is -0.354 e. The second-order valence-electron chi connectivity index (χ2n) is 5.14. The molecular weight excluding hydrogens is 365 g/mol. The number of thioether (sulfide) groups is 1. The number of rotatable bonds is 6. The number of aromatic nitrogens is 2. The van der Waals surface area contributed by atoms with Gasteiger partial charge in [0.25, 0.3) is 5.56 Å². The van der Waals surface area contributed by atoms with Gasteiger partial charge in [0, 0.05) is 18.0 Å². The van der Waals surface area contributed by atoms with E-state index in [0.717, 1.165) is 9.46 Å². The van der Waals surface area contributed by atoms with Gasteiger partial charge in [-0.25, -0.2) is 9.18 Å². The van der Waals surface area contributed by atoms with Crippen LogP contribution in [-0.4, -0.2) is 27.8 Å². The zero-order valence-corrected chi connectivity index (χ0v) is 14.6. The van der Waals surface area contributed by atoms with Crippen molar-refractivity contribution in [3.63, 3.8) is 0 Å². The summed E-state index contributed by atoms with van der Waals surface area (Å²) in [6.07, 6.45) is 0. The van der Waals surface area contributed by atoms with Crippen LogP contribution in [0.5, 0.6) is 0 Å². The molecule has 0 unspecified atom stereocenters. The lowest BCUT2D eigenvalue weighted by Gasteiger charge is -2.07. The Hall–Kier alpha value is -2.39. The highest BCUT2D eigenvalue weighted by Crippen LogP contribution is 2.17. The second-order valence-corrected chi connectivity index (χ2v) is 7.11. The second kappa shape index (κ2) is 7.66. The predicted octanol–water partition coefficient (Wildman–Crippen LogP) is 1.80. The first-order valence-electron chi connectivity index (χ1n) is 7.40. The molecule has 130 valence electrons. The Morgan fingerprint density at radius 3 is 2.76 bits per heavy atom. The lowest BCUT2D eigenvalue weighted by molar-refractivity contribution is -0.118. The van der Waals surface area contributed by atoms with Crippen LogP contribution < -0.4 is 16.6 Å². The lowest BCUT2D eigenvalue weighted by Crippen LogP contribution is -2.39. The summed E-state index contributed by atoms with van der Waals surface area (Å²) in [4.78, 5) is 39.4. The number of carbonyl (C=O) groups is 1. The maximum absolute atomic E-state index is 12.8. The van der Waals surface area contributed by atoms with Crippen LogP contribution in [0.1, 0.15) is 0 Å². The minimum absolute atomic E-state index is 0.0922. The van der Waals surface area contributed by atoms with Gasteiger partial charge in [-0.3, -0.25) is 14.2 Å². The molecule has 0 saturated carbocycles. The standard InChI is InChI=1S/C16H14FN3O3S2/c17-10-1-3-11(4-2-10)25-9-13(21)18-6-7-20-15(22)14-12(5-8-24-14)19-16(20)23/h1-5,8H,6-7,9H2,(H,18,21)(H,19,23). The van der Waals surface area contributed by atoms with Crippen LogP contribution in [0.15, 0.2) is 50.2 Å². The van der Waals surface area contributed by atoms with Crippen LogP contribution in [-0.2, 0) is 11.3 Å².